The quantitative estimate of drug-likeness (QED) is 0.681. The minimum Gasteiger partial charge on any atom is -0.376 e. The third kappa shape index (κ3) is 3.09. The summed E-state index contributed by atoms with van der Waals surface area (Å²) in [5.41, 5.74) is 6.90. The topological polar surface area (TPSA) is 61.8 Å². The van der Waals surface area contributed by atoms with Gasteiger partial charge in [-0.15, -0.1) is 0 Å². The fraction of sp³-hybridized carbons (Fsp3) is 0.111. The zero-order valence-corrected chi connectivity index (χ0v) is 7.77. The van der Waals surface area contributed by atoms with Gasteiger partial charge in [0.25, 0.3) is 0 Å². The number of nitrogens with two attached hydrogens (primary N) is 1. The minimum atomic E-state index is 0.266. The fourth-order valence-corrected chi connectivity index (χ4v) is 1.01. The summed E-state index contributed by atoms with van der Waals surface area (Å²) in [5.74, 6) is 0. The minimum absolute atomic E-state index is 0.266. The van der Waals surface area contributed by atoms with Crippen molar-refractivity contribution in [3.8, 4) is 6.07 Å². The highest BCUT2D eigenvalue weighted by Crippen LogP contribution is 2.03. The van der Waals surface area contributed by atoms with Gasteiger partial charge < -0.3 is 11.1 Å². The van der Waals surface area contributed by atoms with Crippen LogP contribution in [0.3, 0.4) is 0 Å². The van der Waals surface area contributed by atoms with Gasteiger partial charge in [-0.05, 0) is 29.9 Å². The molecule has 13 heavy (non-hydrogen) atoms. The lowest BCUT2D eigenvalue weighted by Crippen LogP contribution is -2.28. The number of nitrogens with zero attached hydrogens (tertiary/aromatic N) is 1. The van der Waals surface area contributed by atoms with Crippen molar-refractivity contribution in [1.29, 1.82) is 5.26 Å². The molecule has 0 aromatic heterocycles. The maximum atomic E-state index is 8.62. The summed E-state index contributed by atoms with van der Waals surface area (Å²) < 4.78 is 0. The molecule has 0 atom stereocenters. The van der Waals surface area contributed by atoms with Crippen molar-refractivity contribution in [2.24, 2.45) is 5.73 Å². The zero-order chi connectivity index (χ0) is 9.68. The Balaban J connectivity index is 2.68. The first-order chi connectivity index (χ1) is 6.22. The van der Waals surface area contributed by atoms with Crippen LogP contribution in [0.25, 0.3) is 0 Å². The largest absolute Gasteiger partial charge is 0.376 e. The number of hydrogen-bond acceptors (Lipinski definition) is 2. The molecule has 1 rings (SSSR count). The normalized spacial score (nSPS) is 8.85. The van der Waals surface area contributed by atoms with E-state index in [1.54, 1.807) is 12.1 Å². The molecule has 0 unspecified atom stereocenters. The molecule has 0 fully saturated rings. The van der Waals surface area contributed by atoms with E-state index in [4.69, 9.17) is 11.0 Å². The van der Waals surface area contributed by atoms with Crippen LogP contribution in [0.15, 0.2) is 24.3 Å². The van der Waals surface area contributed by atoms with E-state index in [1.165, 1.54) is 0 Å². The van der Waals surface area contributed by atoms with Crippen molar-refractivity contribution in [2.45, 2.75) is 6.54 Å². The van der Waals surface area contributed by atoms with Gasteiger partial charge in [-0.3, -0.25) is 0 Å². The summed E-state index contributed by atoms with van der Waals surface area (Å²) in [5, 5.41) is 11.7. The highest BCUT2D eigenvalue weighted by Gasteiger charge is 1.94. The van der Waals surface area contributed by atoms with Crippen LogP contribution in [0.4, 0.5) is 0 Å². The standard InChI is InChI=1S/C9H9N3S/c10-5-7-2-1-3-8(4-7)6-12-9(11)13/h1-4H,6H2,(H3,11,12,13). The molecule has 0 radical (unpaired) electrons. The Labute approximate surface area is 82.2 Å². The molecule has 66 valence electrons. The SMILES string of the molecule is N#Cc1cccc(CNC(N)=S)c1. The van der Waals surface area contributed by atoms with Crippen LogP contribution < -0.4 is 11.1 Å². The number of thiocarbonyl (C=S) groups is 1. The Morgan fingerprint density at radius 3 is 3.00 bits per heavy atom. The Hall–Kier alpha value is -1.60. The van der Waals surface area contributed by atoms with Gasteiger partial charge in [0.2, 0.25) is 0 Å². The average molecular weight is 191 g/mol. The van der Waals surface area contributed by atoms with Crippen LogP contribution in [-0.4, -0.2) is 5.11 Å². The first-order valence-corrected chi connectivity index (χ1v) is 4.15. The Morgan fingerprint density at radius 1 is 1.62 bits per heavy atom. The second-order valence-electron chi connectivity index (χ2n) is 2.53. The van der Waals surface area contributed by atoms with E-state index in [0.717, 1.165) is 5.56 Å². The second kappa shape index (κ2) is 4.43. The lowest BCUT2D eigenvalue weighted by Gasteiger charge is -2.03. The molecule has 0 aliphatic carbocycles. The summed E-state index contributed by atoms with van der Waals surface area (Å²) in [4.78, 5) is 0. The third-order valence-corrected chi connectivity index (χ3v) is 1.67. The monoisotopic (exact) mass is 191 g/mol. The molecule has 0 saturated heterocycles. The summed E-state index contributed by atoms with van der Waals surface area (Å²) >= 11 is 4.66. The predicted molar refractivity (Wildman–Crippen MR) is 54.8 cm³/mol. The van der Waals surface area contributed by atoms with Crippen LogP contribution in [-0.2, 0) is 6.54 Å². The zero-order valence-electron chi connectivity index (χ0n) is 6.95. The molecule has 1 aromatic rings. The van der Waals surface area contributed by atoms with Crippen LogP contribution in [0.1, 0.15) is 11.1 Å². The number of hydrogen-bond donors (Lipinski definition) is 2. The first kappa shape index (κ1) is 9.49. The summed E-state index contributed by atoms with van der Waals surface area (Å²) in [6, 6.07) is 9.35. The molecule has 0 aliphatic rings. The van der Waals surface area contributed by atoms with E-state index in [1.807, 2.05) is 12.1 Å². The van der Waals surface area contributed by atoms with E-state index in [2.05, 4.69) is 23.6 Å². The number of rotatable bonds is 2. The molecule has 3 N–H and O–H groups in total. The number of nitrogens with one attached hydrogen (secondary N) is 1. The Bertz CT molecular complexity index is 354. The van der Waals surface area contributed by atoms with Crippen LogP contribution in [0.5, 0.6) is 0 Å². The first-order valence-electron chi connectivity index (χ1n) is 3.74. The van der Waals surface area contributed by atoms with Gasteiger partial charge >= 0.3 is 0 Å². The average Bonchev–Trinajstić information content (AvgIpc) is 2.15. The van der Waals surface area contributed by atoms with Crippen molar-refractivity contribution < 1.29 is 0 Å². The van der Waals surface area contributed by atoms with Gasteiger partial charge in [0.15, 0.2) is 5.11 Å². The van der Waals surface area contributed by atoms with Gasteiger partial charge in [0.1, 0.15) is 0 Å². The summed E-state index contributed by atoms with van der Waals surface area (Å²) in [7, 11) is 0. The van der Waals surface area contributed by atoms with Gasteiger partial charge in [0, 0.05) is 6.54 Å². The van der Waals surface area contributed by atoms with Crippen molar-refractivity contribution in [2.75, 3.05) is 0 Å². The molecular weight excluding hydrogens is 182 g/mol. The Morgan fingerprint density at radius 2 is 2.38 bits per heavy atom. The number of nitriles is 1. The van der Waals surface area contributed by atoms with Crippen molar-refractivity contribution >= 4 is 17.3 Å². The van der Waals surface area contributed by atoms with Gasteiger partial charge in [-0.1, -0.05) is 12.1 Å². The van der Waals surface area contributed by atoms with Crippen molar-refractivity contribution in [3.63, 3.8) is 0 Å². The van der Waals surface area contributed by atoms with E-state index in [-0.39, 0.29) is 5.11 Å². The Kier molecular flexibility index (Phi) is 3.23. The van der Waals surface area contributed by atoms with E-state index < -0.39 is 0 Å². The van der Waals surface area contributed by atoms with Gasteiger partial charge in [-0.2, -0.15) is 5.26 Å². The van der Waals surface area contributed by atoms with E-state index in [9.17, 15) is 0 Å². The molecule has 0 aliphatic heterocycles. The van der Waals surface area contributed by atoms with Crippen molar-refractivity contribution in [1.82, 2.24) is 5.32 Å². The lowest BCUT2D eigenvalue weighted by molar-refractivity contribution is 0.919. The molecule has 3 nitrogen and oxygen atoms in total. The molecule has 1 aromatic carbocycles. The van der Waals surface area contributed by atoms with Crippen LogP contribution in [0.2, 0.25) is 0 Å². The molecule has 0 saturated carbocycles. The van der Waals surface area contributed by atoms with Crippen molar-refractivity contribution in [3.05, 3.63) is 35.4 Å². The highest BCUT2D eigenvalue weighted by molar-refractivity contribution is 7.80. The smallest absolute Gasteiger partial charge is 0.163 e. The van der Waals surface area contributed by atoms with E-state index >= 15 is 0 Å². The molecular formula is C9H9N3S. The molecule has 0 amide bonds. The molecule has 4 heteroatoms. The molecule has 0 spiro atoms. The second-order valence-corrected chi connectivity index (χ2v) is 2.97. The number of benzene rings is 1. The van der Waals surface area contributed by atoms with Gasteiger partial charge in [0.05, 0.1) is 11.6 Å². The lowest BCUT2D eigenvalue weighted by atomic mass is 10.1. The van der Waals surface area contributed by atoms with Crippen LogP contribution >= 0.6 is 12.2 Å². The molecule has 0 heterocycles. The van der Waals surface area contributed by atoms with Crippen LogP contribution in [0, 0.1) is 11.3 Å². The third-order valence-electron chi connectivity index (χ3n) is 1.52. The highest BCUT2D eigenvalue weighted by atomic mass is 32.1. The molecule has 0 bridgehead atoms. The summed E-state index contributed by atoms with van der Waals surface area (Å²) in [6.45, 7) is 0.560. The predicted octanol–water partition coefficient (Wildman–Crippen LogP) is 0.891. The van der Waals surface area contributed by atoms with Gasteiger partial charge in [-0.25, -0.2) is 0 Å². The van der Waals surface area contributed by atoms with E-state index in [0.29, 0.717) is 12.1 Å². The maximum absolute atomic E-state index is 8.62. The summed E-state index contributed by atoms with van der Waals surface area (Å²) in [6.07, 6.45) is 0. The fourth-order valence-electron chi connectivity index (χ4n) is 0.940. The maximum Gasteiger partial charge on any atom is 0.163 e.